The van der Waals surface area contributed by atoms with Gasteiger partial charge in [-0.15, -0.1) is 0 Å². The molecule has 0 saturated carbocycles. The zero-order valence-electron chi connectivity index (χ0n) is 16.0. The molecule has 1 amide bonds. The summed E-state index contributed by atoms with van der Waals surface area (Å²) in [6.45, 7) is 2.40. The molecule has 0 bridgehead atoms. The first-order valence-corrected chi connectivity index (χ1v) is 9.43. The van der Waals surface area contributed by atoms with Crippen LogP contribution in [0, 0.1) is 0 Å². The Morgan fingerprint density at radius 2 is 1.61 bits per heavy atom. The second kappa shape index (κ2) is 11.2. The Bertz CT molecular complexity index is 794. The first-order chi connectivity index (χ1) is 13.5. The number of Topliss-reactive ketones (excluding diaryl/α,β-unsaturated/α-hetero) is 1. The molecule has 0 aliphatic carbocycles. The fraction of sp³-hybridized carbons (Fsp3) is 0.286. The van der Waals surface area contributed by atoms with E-state index in [9.17, 15) is 9.59 Å². The van der Waals surface area contributed by atoms with Crippen LogP contribution in [-0.2, 0) is 9.53 Å². The van der Waals surface area contributed by atoms with Crippen molar-refractivity contribution in [3.63, 3.8) is 0 Å². The number of amides is 1. The number of carbonyl (C=O) groups is 2. The number of benzene rings is 2. The highest BCUT2D eigenvalue weighted by molar-refractivity contribution is 7.80. The number of rotatable bonds is 8. The van der Waals surface area contributed by atoms with E-state index in [4.69, 9.17) is 17.0 Å². The summed E-state index contributed by atoms with van der Waals surface area (Å²) in [6, 6.07) is 17.4. The van der Waals surface area contributed by atoms with Gasteiger partial charge in [-0.05, 0) is 30.3 Å². The number of thiocarbonyl (C=S) groups is 1. The van der Waals surface area contributed by atoms with Crippen molar-refractivity contribution < 1.29 is 14.3 Å². The number of hydrogen-bond donors (Lipinski definition) is 3. The summed E-state index contributed by atoms with van der Waals surface area (Å²) in [5.74, 6) is -0.387. The lowest BCUT2D eigenvalue weighted by Gasteiger charge is -2.16. The van der Waals surface area contributed by atoms with E-state index in [-0.39, 0.29) is 30.6 Å². The Hall–Kier alpha value is -2.77. The summed E-state index contributed by atoms with van der Waals surface area (Å²) in [4.78, 5) is 24.2. The molecule has 148 valence electrons. The van der Waals surface area contributed by atoms with Crippen LogP contribution in [0.25, 0.3) is 11.1 Å². The van der Waals surface area contributed by atoms with Gasteiger partial charge in [0.05, 0.1) is 6.61 Å². The SMILES string of the molecule is COC[C@H](C)NC(=S)NNC(=O)CCC(=O)c1ccc(-c2ccccc2)cc1. The molecule has 0 radical (unpaired) electrons. The summed E-state index contributed by atoms with van der Waals surface area (Å²) >= 11 is 5.07. The molecule has 0 unspecified atom stereocenters. The van der Waals surface area contributed by atoms with E-state index in [0.717, 1.165) is 11.1 Å². The Morgan fingerprint density at radius 3 is 2.25 bits per heavy atom. The van der Waals surface area contributed by atoms with E-state index in [2.05, 4.69) is 16.2 Å². The molecular formula is C21H25N3O3S. The highest BCUT2D eigenvalue weighted by atomic mass is 32.1. The normalized spacial score (nSPS) is 11.4. The molecule has 2 aromatic carbocycles. The molecular weight excluding hydrogens is 374 g/mol. The summed E-state index contributed by atoms with van der Waals surface area (Å²) in [7, 11) is 1.60. The first kappa shape index (κ1) is 21.5. The fourth-order valence-electron chi connectivity index (χ4n) is 2.59. The van der Waals surface area contributed by atoms with Gasteiger partial charge in [-0.2, -0.15) is 0 Å². The van der Waals surface area contributed by atoms with Gasteiger partial charge in [0.15, 0.2) is 10.9 Å². The van der Waals surface area contributed by atoms with Crippen LogP contribution in [0.2, 0.25) is 0 Å². The van der Waals surface area contributed by atoms with Crippen molar-refractivity contribution in [3.05, 3.63) is 60.2 Å². The van der Waals surface area contributed by atoms with E-state index in [1.165, 1.54) is 0 Å². The smallest absolute Gasteiger partial charge is 0.238 e. The molecule has 6 nitrogen and oxygen atoms in total. The second-order valence-electron chi connectivity index (χ2n) is 6.37. The average Bonchev–Trinajstić information content (AvgIpc) is 2.71. The number of methoxy groups -OCH3 is 1. The standard InChI is InChI=1S/C21H25N3O3S/c1-15(14-27-2)22-21(28)24-23-20(26)13-12-19(25)18-10-8-17(9-11-18)16-6-4-3-5-7-16/h3-11,15H,12-14H2,1-2H3,(H,23,26)(H2,22,24,28)/t15-/m0/s1. The maximum Gasteiger partial charge on any atom is 0.238 e. The molecule has 3 N–H and O–H groups in total. The van der Waals surface area contributed by atoms with Gasteiger partial charge >= 0.3 is 0 Å². The molecule has 0 aliphatic heterocycles. The molecule has 0 saturated heterocycles. The van der Waals surface area contributed by atoms with E-state index < -0.39 is 0 Å². The largest absolute Gasteiger partial charge is 0.383 e. The topological polar surface area (TPSA) is 79.5 Å². The zero-order valence-corrected chi connectivity index (χ0v) is 16.8. The molecule has 2 aromatic rings. The van der Waals surface area contributed by atoms with Crippen LogP contribution in [0.4, 0.5) is 0 Å². The van der Waals surface area contributed by atoms with Crippen molar-refractivity contribution in [2.45, 2.75) is 25.8 Å². The maximum atomic E-state index is 12.3. The molecule has 0 fully saturated rings. The Balaban J connectivity index is 1.75. The van der Waals surface area contributed by atoms with Crippen molar-refractivity contribution in [3.8, 4) is 11.1 Å². The first-order valence-electron chi connectivity index (χ1n) is 9.02. The number of ether oxygens (including phenoxy) is 1. The molecule has 28 heavy (non-hydrogen) atoms. The lowest BCUT2D eigenvalue weighted by atomic mass is 10.0. The Labute approximate surface area is 170 Å². The van der Waals surface area contributed by atoms with Gasteiger partial charge in [-0.25, -0.2) is 0 Å². The van der Waals surface area contributed by atoms with Crippen LogP contribution in [0.5, 0.6) is 0 Å². The zero-order chi connectivity index (χ0) is 20.4. The third kappa shape index (κ3) is 7.09. The molecule has 0 aromatic heterocycles. The number of hydrazine groups is 1. The van der Waals surface area contributed by atoms with Crippen LogP contribution in [0.1, 0.15) is 30.1 Å². The summed E-state index contributed by atoms with van der Waals surface area (Å²) < 4.78 is 4.99. The summed E-state index contributed by atoms with van der Waals surface area (Å²) in [5.41, 5.74) is 7.82. The highest BCUT2D eigenvalue weighted by Crippen LogP contribution is 2.19. The van der Waals surface area contributed by atoms with Gasteiger partial charge in [0.25, 0.3) is 0 Å². The third-order valence-electron chi connectivity index (χ3n) is 4.00. The van der Waals surface area contributed by atoms with Gasteiger partial charge in [0.1, 0.15) is 0 Å². The van der Waals surface area contributed by atoms with E-state index in [0.29, 0.717) is 17.3 Å². The van der Waals surface area contributed by atoms with Crippen LogP contribution in [-0.4, -0.2) is 36.6 Å². The molecule has 0 heterocycles. The minimum Gasteiger partial charge on any atom is -0.383 e. The lowest BCUT2D eigenvalue weighted by Crippen LogP contribution is -2.49. The molecule has 0 aliphatic rings. The monoisotopic (exact) mass is 399 g/mol. The van der Waals surface area contributed by atoms with Crippen molar-refractivity contribution in [2.75, 3.05) is 13.7 Å². The van der Waals surface area contributed by atoms with Crippen LogP contribution >= 0.6 is 12.2 Å². The van der Waals surface area contributed by atoms with Gasteiger partial charge < -0.3 is 10.1 Å². The summed E-state index contributed by atoms with van der Waals surface area (Å²) in [5, 5.41) is 3.25. The van der Waals surface area contributed by atoms with Gasteiger partial charge in [0.2, 0.25) is 5.91 Å². The molecule has 7 heteroatoms. The van der Waals surface area contributed by atoms with Gasteiger partial charge in [-0.1, -0.05) is 54.6 Å². The van der Waals surface area contributed by atoms with Gasteiger partial charge in [-0.3, -0.25) is 20.4 Å². The minimum atomic E-state index is -0.308. The third-order valence-corrected chi connectivity index (χ3v) is 4.22. The van der Waals surface area contributed by atoms with E-state index in [1.54, 1.807) is 19.2 Å². The quantitative estimate of drug-likeness (QED) is 0.360. The maximum absolute atomic E-state index is 12.3. The number of hydrogen-bond acceptors (Lipinski definition) is 4. The Morgan fingerprint density at radius 1 is 0.964 bits per heavy atom. The lowest BCUT2D eigenvalue weighted by molar-refractivity contribution is -0.121. The van der Waals surface area contributed by atoms with Crippen LogP contribution in [0.3, 0.4) is 0 Å². The fourth-order valence-corrected chi connectivity index (χ4v) is 2.84. The van der Waals surface area contributed by atoms with Crippen molar-refractivity contribution in [1.29, 1.82) is 0 Å². The average molecular weight is 400 g/mol. The van der Waals surface area contributed by atoms with Crippen molar-refractivity contribution in [2.24, 2.45) is 0 Å². The van der Waals surface area contributed by atoms with Crippen LogP contribution in [0.15, 0.2) is 54.6 Å². The van der Waals surface area contributed by atoms with Crippen molar-refractivity contribution in [1.82, 2.24) is 16.2 Å². The van der Waals surface area contributed by atoms with Crippen molar-refractivity contribution >= 4 is 29.0 Å². The molecule has 0 spiro atoms. The minimum absolute atomic E-state index is 0.0161. The second-order valence-corrected chi connectivity index (χ2v) is 6.78. The predicted molar refractivity (Wildman–Crippen MR) is 114 cm³/mol. The predicted octanol–water partition coefficient (Wildman–Crippen LogP) is 2.85. The van der Waals surface area contributed by atoms with Crippen LogP contribution < -0.4 is 16.2 Å². The highest BCUT2D eigenvalue weighted by Gasteiger charge is 2.10. The number of ketones is 1. The Kier molecular flexibility index (Phi) is 8.58. The summed E-state index contributed by atoms with van der Waals surface area (Å²) in [6.07, 6.45) is 0.195. The number of nitrogens with one attached hydrogen (secondary N) is 3. The van der Waals surface area contributed by atoms with E-state index in [1.807, 2.05) is 49.4 Å². The van der Waals surface area contributed by atoms with E-state index >= 15 is 0 Å². The van der Waals surface area contributed by atoms with Gasteiger partial charge in [0, 0.05) is 31.6 Å². The number of carbonyl (C=O) groups excluding carboxylic acids is 2. The molecule has 2 rings (SSSR count). The molecule has 1 atom stereocenters.